The Morgan fingerprint density at radius 3 is 2.37 bits per heavy atom. The van der Waals surface area contributed by atoms with Crippen molar-refractivity contribution in [2.45, 2.75) is 11.7 Å². The molecule has 1 aliphatic rings. The molecule has 2 aromatic carbocycles. The molecule has 2 amide bonds. The minimum Gasteiger partial charge on any atom is -0.325 e. The molecule has 1 atom stereocenters. The van der Waals surface area contributed by atoms with Crippen LogP contribution >= 0.6 is 46.6 Å². The van der Waals surface area contributed by atoms with Gasteiger partial charge in [0.2, 0.25) is 11.8 Å². The molecule has 0 spiro atoms. The van der Waals surface area contributed by atoms with E-state index < -0.39 is 5.25 Å². The lowest BCUT2D eigenvalue weighted by Crippen LogP contribution is -2.43. The molecule has 1 unspecified atom stereocenters. The molecule has 1 fully saturated rings. The number of hydrogen-bond donors (Lipinski definition) is 1. The van der Waals surface area contributed by atoms with Gasteiger partial charge in [0.05, 0.1) is 5.69 Å². The average Bonchev–Trinajstić information content (AvgIpc) is 2.59. The van der Waals surface area contributed by atoms with Crippen molar-refractivity contribution < 1.29 is 9.59 Å². The summed E-state index contributed by atoms with van der Waals surface area (Å²) < 4.78 is 0. The first-order valence-corrected chi connectivity index (χ1v) is 9.87. The summed E-state index contributed by atoms with van der Waals surface area (Å²) in [6.45, 7) is 0. The number of anilines is 1. The predicted octanol–water partition coefficient (Wildman–Crippen LogP) is 5.24. The van der Waals surface area contributed by atoms with Gasteiger partial charge in [-0.15, -0.1) is 0 Å². The molecule has 0 saturated carbocycles. The summed E-state index contributed by atoms with van der Waals surface area (Å²) in [4.78, 5) is 30.8. The van der Waals surface area contributed by atoms with Crippen LogP contribution in [0.4, 0.5) is 11.4 Å². The zero-order valence-corrected chi connectivity index (χ0v) is 17.2. The summed E-state index contributed by atoms with van der Waals surface area (Å²) in [6.07, 6.45) is 0.0704. The Labute approximate surface area is 175 Å². The zero-order valence-electron chi connectivity index (χ0n) is 14.1. The van der Waals surface area contributed by atoms with E-state index in [1.54, 1.807) is 49.5 Å². The number of hydrogen-bond acceptors (Lipinski definition) is 4. The topological polar surface area (TPSA) is 61.8 Å². The number of halogens is 3. The van der Waals surface area contributed by atoms with Crippen molar-refractivity contribution in [2.75, 3.05) is 12.4 Å². The predicted molar refractivity (Wildman–Crippen MR) is 112 cm³/mol. The summed E-state index contributed by atoms with van der Waals surface area (Å²) in [7, 11) is 1.63. The molecule has 0 radical (unpaired) electrons. The normalized spacial score (nSPS) is 18.7. The second-order valence-corrected chi connectivity index (χ2v) is 8.26. The fourth-order valence-electron chi connectivity index (χ4n) is 2.37. The lowest BCUT2D eigenvalue weighted by Gasteiger charge is -2.28. The van der Waals surface area contributed by atoms with Crippen LogP contribution in [0.1, 0.15) is 6.42 Å². The zero-order chi connectivity index (χ0) is 19.6. The molecule has 0 aromatic heterocycles. The van der Waals surface area contributed by atoms with Gasteiger partial charge in [-0.2, -0.15) is 0 Å². The molecular weight excluding hydrogens is 429 g/mol. The van der Waals surface area contributed by atoms with Crippen LogP contribution in [0.3, 0.4) is 0 Å². The fourth-order valence-corrected chi connectivity index (χ4v) is 4.09. The van der Waals surface area contributed by atoms with Crippen LogP contribution in [0, 0.1) is 0 Å². The summed E-state index contributed by atoms with van der Waals surface area (Å²) in [6, 6.07) is 11.7. The first-order valence-electron chi connectivity index (χ1n) is 7.86. The molecule has 1 heterocycles. The van der Waals surface area contributed by atoms with Gasteiger partial charge in [-0.05, 0) is 42.5 Å². The number of carbonyl (C=O) groups excluding carboxylic acids is 2. The summed E-state index contributed by atoms with van der Waals surface area (Å²) in [5.74, 6) is -0.505. The largest absolute Gasteiger partial charge is 0.325 e. The van der Waals surface area contributed by atoms with Crippen LogP contribution < -0.4 is 5.32 Å². The number of nitrogens with zero attached hydrogens (tertiary/aromatic N) is 2. The van der Waals surface area contributed by atoms with E-state index in [1.807, 2.05) is 0 Å². The van der Waals surface area contributed by atoms with Crippen LogP contribution in [0.5, 0.6) is 0 Å². The van der Waals surface area contributed by atoms with E-state index in [0.717, 1.165) is 0 Å². The number of rotatable bonds is 3. The van der Waals surface area contributed by atoms with Crippen molar-refractivity contribution >= 4 is 74.9 Å². The number of amides is 2. The van der Waals surface area contributed by atoms with E-state index in [2.05, 4.69) is 10.3 Å². The van der Waals surface area contributed by atoms with E-state index >= 15 is 0 Å². The molecule has 0 aliphatic carbocycles. The molecule has 0 bridgehead atoms. The highest BCUT2D eigenvalue weighted by atomic mass is 35.5. The van der Waals surface area contributed by atoms with Crippen LogP contribution in [0.25, 0.3) is 0 Å². The third kappa shape index (κ3) is 5.17. The maximum Gasteiger partial charge on any atom is 0.238 e. The first kappa shape index (κ1) is 20.0. The van der Waals surface area contributed by atoms with Crippen LogP contribution in [-0.4, -0.2) is 34.2 Å². The highest BCUT2D eigenvalue weighted by molar-refractivity contribution is 8.15. The van der Waals surface area contributed by atoms with Gasteiger partial charge >= 0.3 is 0 Å². The van der Waals surface area contributed by atoms with E-state index in [1.165, 1.54) is 16.7 Å². The highest BCUT2D eigenvalue weighted by Gasteiger charge is 2.34. The number of amidine groups is 1. The number of nitrogens with one attached hydrogen (secondary N) is 1. The lowest BCUT2D eigenvalue weighted by molar-refractivity contribution is -0.128. The molecular formula is C18H14Cl3N3O2S. The van der Waals surface area contributed by atoms with Gasteiger partial charge in [-0.1, -0.05) is 46.6 Å². The van der Waals surface area contributed by atoms with Gasteiger partial charge in [-0.3, -0.25) is 14.5 Å². The van der Waals surface area contributed by atoms with Crippen molar-refractivity contribution in [3.63, 3.8) is 0 Å². The average molecular weight is 443 g/mol. The standard InChI is InChI=1S/C18H14Cl3N3O2S/c1-24-16(25)9-15(17(26)22-14-7-11(20)6-12(21)8-14)27-18(24)23-13-4-2-10(19)3-5-13/h2-8,15H,9H2,1H3,(H,22,26). The highest BCUT2D eigenvalue weighted by Crippen LogP contribution is 2.30. The second-order valence-electron chi connectivity index (χ2n) is 5.78. The van der Waals surface area contributed by atoms with Gasteiger partial charge in [0.15, 0.2) is 5.17 Å². The van der Waals surface area contributed by atoms with Gasteiger partial charge in [0, 0.05) is 34.2 Å². The van der Waals surface area contributed by atoms with Gasteiger partial charge < -0.3 is 5.32 Å². The van der Waals surface area contributed by atoms with Gasteiger partial charge in [0.25, 0.3) is 0 Å². The maximum absolute atomic E-state index is 12.6. The van der Waals surface area contributed by atoms with Gasteiger partial charge in [-0.25, -0.2) is 4.99 Å². The molecule has 1 saturated heterocycles. The third-order valence-electron chi connectivity index (χ3n) is 3.74. The Morgan fingerprint density at radius 2 is 1.74 bits per heavy atom. The van der Waals surface area contributed by atoms with Crippen molar-refractivity contribution in [2.24, 2.45) is 4.99 Å². The molecule has 140 valence electrons. The number of carbonyl (C=O) groups is 2. The van der Waals surface area contributed by atoms with E-state index in [0.29, 0.717) is 31.6 Å². The molecule has 5 nitrogen and oxygen atoms in total. The number of aliphatic imine (C=N–C) groups is 1. The van der Waals surface area contributed by atoms with Gasteiger partial charge in [0.1, 0.15) is 5.25 Å². The minimum absolute atomic E-state index is 0.0704. The molecule has 1 N–H and O–H groups in total. The molecule has 3 rings (SSSR count). The Hall–Kier alpha value is -1.73. The minimum atomic E-state index is -0.613. The van der Waals surface area contributed by atoms with Crippen LogP contribution in [-0.2, 0) is 9.59 Å². The van der Waals surface area contributed by atoms with E-state index in [9.17, 15) is 9.59 Å². The summed E-state index contributed by atoms with van der Waals surface area (Å²) in [5, 5.41) is 4.00. The number of benzene rings is 2. The molecule has 27 heavy (non-hydrogen) atoms. The van der Waals surface area contributed by atoms with Crippen molar-refractivity contribution in [1.82, 2.24) is 4.90 Å². The molecule has 9 heteroatoms. The Morgan fingerprint density at radius 1 is 1.11 bits per heavy atom. The Kier molecular flexibility index (Phi) is 6.32. The molecule has 1 aliphatic heterocycles. The van der Waals surface area contributed by atoms with Crippen molar-refractivity contribution in [3.05, 3.63) is 57.5 Å². The summed E-state index contributed by atoms with van der Waals surface area (Å²) in [5.41, 5.74) is 1.12. The quantitative estimate of drug-likeness (QED) is 0.707. The van der Waals surface area contributed by atoms with E-state index in [-0.39, 0.29) is 18.2 Å². The van der Waals surface area contributed by atoms with Crippen LogP contribution in [0.15, 0.2) is 47.5 Å². The fraction of sp³-hybridized carbons (Fsp3) is 0.167. The maximum atomic E-state index is 12.6. The number of thioether (sulfide) groups is 1. The third-order valence-corrected chi connectivity index (χ3v) is 5.67. The first-order chi connectivity index (χ1) is 12.8. The molecule has 2 aromatic rings. The van der Waals surface area contributed by atoms with E-state index in [4.69, 9.17) is 34.8 Å². The summed E-state index contributed by atoms with van der Waals surface area (Å²) >= 11 is 19.0. The monoisotopic (exact) mass is 441 g/mol. The smallest absolute Gasteiger partial charge is 0.238 e. The van der Waals surface area contributed by atoms with Crippen molar-refractivity contribution in [1.29, 1.82) is 0 Å². The Bertz CT molecular complexity index is 898. The van der Waals surface area contributed by atoms with Crippen molar-refractivity contribution in [3.8, 4) is 0 Å². The second kappa shape index (κ2) is 8.52. The SMILES string of the molecule is CN1C(=O)CC(C(=O)Nc2cc(Cl)cc(Cl)c2)SC1=Nc1ccc(Cl)cc1. The Balaban J connectivity index is 1.78. The van der Waals surface area contributed by atoms with Crippen LogP contribution in [0.2, 0.25) is 15.1 Å². The lowest BCUT2D eigenvalue weighted by atomic mass is 10.2.